The van der Waals surface area contributed by atoms with E-state index >= 15 is 0 Å². The number of carbonyl (C=O) groups excluding carboxylic acids is 1. The van der Waals surface area contributed by atoms with Crippen LogP contribution in [0.3, 0.4) is 0 Å². The van der Waals surface area contributed by atoms with Crippen molar-refractivity contribution in [1.82, 2.24) is 10.2 Å². The lowest BCUT2D eigenvalue weighted by molar-refractivity contribution is -0.183. The van der Waals surface area contributed by atoms with Crippen molar-refractivity contribution in [2.24, 2.45) is 11.8 Å². The summed E-state index contributed by atoms with van der Waals surface area (Å²) in [4.78, 5) is 14.8. The lowest BCUT2D eigenvalue weighted by atomic mass is 9.81. The zero-order chi connectivity index (χ0) is 19.3. The predicted molar refractivity (Wildman–Crippen MR) is 99.4 cm³/mol. The number of piperidine rings is 1. The van der Waals surface area contributed by atoms with Crippen molar-refractivity contribution in [3.8, 4) is 0 Å². The first-order valence-corrected chi connectivity index (χ1v) is 10.1. The number of amides is 1. The van der Waals surface area contributed by atoms with Crippen LogP contribution in [0.5, 0.6) is 0 Å². The first-order valence-electron chi connectivity index (χ1n) is 10.1. The summed E-state index contributed by atoms with van der Waals surface area (Å²) in [6.07, 6.45) is 1.15. The van der Waals surface area contributed by atoms with Gasteiger partial charge in [-0.05, 0) is 75.2 Å². The number of hydrogen-bond donors (Lipinski definition) is 1. The first kappa shape index (κ1) is 20.2. The summed E-state index contributed by atoms with van der Waals surface area (Å²) in [5.74, 6) is -1.17. The van der Waals surface area contributed by atoms with Crippen molar-refractivity contribution in [3.63, 3.8) is 0 Å². The second-order valence-electron chi connectivity index (χ2n) is 8.00. The molecule has 2 fully saturated rings. The van der Waals surface area contributed by atoms with Crippen LogP contribution in [0.2, 0.25) is 0 Å². The van der Waals surface area contributed by atoms with Gasteiger partial charge in [0.15, 0.2) is 0 Å². The molecule has 1 heterocycles. The normalized spacial score (nSPS) is 24.6. The number of rotatable bonds is 5. The minimum atomic E-state index is -4.08. The highest BCUT2D eigenvalue weighted by Gasteiger charge is 2.41. The van der Waals surface area contributed by atoms with E-state index < -0.39 is 12.1 Å². The highest BCUT2D eigenvalue weighted by molar-refractivity contribution is 5.94. The third-order valence-corrected chi connectivity index (χ3v) is 5.93. The quantitative estimate of drug-likeness (QED) is 0.796. The molecule has 1 saturated heterocycles. The summed E-state index contributed by atoms with van der Waals surface area (Å²) in [7, 11) is 0. The van der Waals surface area contributed by atoms with Gasteiger partial charge in [-0.25, -0.2) is 0 Å². The Morgan fingerprint density at radius 3 is 2.22 bits per heavy atom. The Labute approximate surface area is 159 Å². The topological polar surface area (TPSA) is 32.3 Å². The Morgan fingerprint density at radius 1 is 1.00 bits per heavy atom. The van der Waals surface area contributed by atoms with Gasteiger partial charge >= 0.3 is 6.18 Å². The van der Waals surface area contributed by atoms with Crippen LogP contribution in [0, 0.1) is 11.8 Å². The number of alkyl halides is 3. The van der Waals surface area contributed by atoms with Gasteiger partial charge in [-0.15, -0.1) is 0 Å². The summed E-state index contributed by atoms with van der Waals surface area (Å²) in [6.45, 7) is 3.65. The molecule has 1 aliphatic heterocycles. The first-order chi connectivity index (χ1) is 12.9. The summed E-state index contributed by atoms with van der Waals surface area (Å²) in [5, 5.41) is 2.89. The van der Waals surface area contributed by atoms with Crippen molar-refractivity contribution in [2.75, 3.05) is 19.6 Å². The van der Waals surface area contributed by atoms with E-state index in [1.807, 2.05) is 24.3 Å². The Hall–Kier alpha value is -1.56. The molecule has 1 amide bonds. The van der Waals surface area contributed by atoms with Crippen LogP contribution in [0.15, 0.2) is 24.3 Å². The molecule has 0 atom stereocenters. The maximum atomic E-state index is 12.7. The van der Waals surface area contributed by atoms with Crippen molar-refractivity contribution >= 4 is 5.91 Å². The largest absolute Gasteiger partial charge is 0.391 e. The van der Waals surface area contributed by atoms with E-state index in [0.717, 1.165) is 19.6 Å². The lowest BCUT2D eigenvalue weighted by Crippen LogP contribution is -2.34. The van der Waals surface area contributed by atoms with Crippen LogP contribution in [0.4, 0.5) is 13.2 Å². The molecule has 1 saturated carbocycles. The fourth-order valence-electron chi connectivity index (χ4n) is 4.17. The average molecular weight is 382 g/mol. The molecule has 3 rings (SSSR count). The van der Waals surface area contributed by atoms with E-state index in [2.05, 4.69) is 10.2 Å². The van der Waals surface area contributed by atoms with Crippen LogP contribution >= 0.6 is 0 Å². The van der Waals surface area contributed by atoms with E-state index in [4.69, 9.17) is 0 Å². The number of halogens is 3. The second kappa shape index (κ2) is 9.09. The molecule has 0 aromatic heterocycles. The molecule has 1 aromatic carbocycles. The third kappa shape index (κ3) is 5.96. The molecule has 1 aromatic rings. The zero-order valence-corrected chi connectivity index (χ0v) is 15.7. The monoisotopic (exact) mass is 382 g/mol. The Balaban J connectivity index is 1.42. The van der Waals surface area contributed by atoms with Crippen LogP contribution < -0.4 is 5.32 Å². The SMILES string of the molecule is O=C(NCC1CCC(C(F)(F)F)CC1)c1ccc(CN2CCCCC2)cc1. The van der Waals surface area contributed by atoms with Gasteiger partial charge in [-0.2, -0.15) is 13.2 Å². The number of benzene rings is 1. The average Bonchev–Trinajstić information content (AvgIpc) is 2.67. The maximum absolute atomic E-state index is 12.7. The molecule has 2 aliphatic rings. The molecule has 0 radical (unpaired) electrons. The van der Waals surface area contributed by atoms with Gasteiger partial charge in [0.05, 0.1) is 5.92 Å². The Morgan fingerprint density at radius 2 is 1.63 bits per heavy atom. The lowest BCUT2D eigenvalue weighted by Gasteiger charge is -2.29. The molecule has 6 heteroatoms. The van der Waals surface area contributed by atoms with Crippen molar-refractivity contribution < 1.29 is 18.0 Å². The van der Waals surface area contributed by atoms with E-state index in [9.17, 15) is 18.0 Å². The van der Waals surface area contributed by atoms with E-state index in [1.165, 1.54) is 24.8 Å². The standard InChI is InChI=1S/C21H29F3N2O/c22-21(23,24)19-10-6-16(7-11-19)14-25-20(27)18-8-4-17(5-9-18)15-26-12-2-1-3-13-26/h4-5,8-9,16,19H,1-3,6-7,10-15H2,(H,25,27). The molecular formula is C21H29F3N2O. The fraction of sp³-hybridized carbons (Fsp3) is 0.667. The molecular weight excluding hydrogens is 353 g/mol. The van der Waals surface area contributed by atoms with E-state index in [0.29, 0.717) is 24.9 Å². The molecule has 3 nitrogen and oxygen atoms in total. The molecule has 27 heavy (non-hydrogen) atoms. The van der Waals surface area contributed by atoms with E-state index in [-0.39, 0.29) is 24.7 Å². The summed E-state index contributed by atoms with van der Waals surface area (Å²) in [6, 6.07) is 7.68. The van der Waals surface area contributed by atoms with Gasteiger partial charge in [-0.1, -0.05) is 18.6 Å². The van der Waals surface area contributed by atoms with Crippen LogP contribution in [0.1, 0.15) is 60.9 Å². The van der Waals surface area contributed by atoms with Gasteiger partial charge in [-0.3, -0.25) is 9.69 Å². The molecule has 0 bridgehead atoms. The molecule has 1 N–H and O–H groups in total. The fourth-order valence-corrected chi connectivity index (χ4v) is 4.17. The van der Waals surface area contributed by atoms with Gasteiger partial charge < -0.3 is 5.32 Å². The third-order valence-electron chi connectivity index (χ3n) is 5.93. The van der Waals surface area contributed by atoms with Gasteiger partial charge in [0, 0.05) is 18.7 Å². The number of hydrogen-bond acceptors (Lipinski definition) is 2. The number of nitrogens with zero attached hydrogens (tertiary/aromatic N) is 1. The maximum Gasteiger partial charge on any atom is 0.391 e. The van der Waals surface area contributed by atoms with Crippen LogP contribution in [0.25, 0.3) is 0 Å². The highest BCUT2D eigenvalue weighted by atomic mass is 19.4. The summed E-state index contributed by atoms with van der Waals surface area (Å²) in [5.41, 5.74) is 1.82. The van der Waals surface area contributed by atoms with Crippen molar-refractivity contribution in [2.45, 2.75) is 57.7 Å². The number of likely N-dealkylation sites (tertiary alicyclic amines) is 1. The summed E-state index contributed by atoms with van der Waals surface area (Å²) < 4.78 is 38.1. The van der Waals surface area contributed by atoms with Gasteiger partial charge in [0.2, 0.25) is 0 Å². The Bertz CT molecular complexity index is 601. The van der Waals surface area contributed by atoms with E-state index in [1.54, 1.807) is 0 Å². The summed E-state index contributed by atoms with van der Waals surface area (Å²) >= 11 is 0. The zero-order valence-electron chi connectivity index (χ0n) is 15.7. The van der Waals surface area contributed by atoms with Crippen molar-refractivity contribution in [1.29, 1.82) is 0 Å². The van der Waals surface area contributed by atoms with Gasteiger partial charge in [0.1, 0.15) is 0 Å². The predicted octanol–water partition coefficient (Wildman–Crippen LogP) is 4.77. The smallest absolute Gasteiger partial charge is 0.352 e. The van der Waals surface area contributed by atoms with Crippen molar-refractivity contribution in [3.05, 3.63) is 35.4 Å². The Kier molecular flexibility index (Phi) is 6.79. The van der Waals surface area contributed by atoms with Crippen LogP contribution in [-0.2, 0) is 6.54 Å². The minimum absolute atomic E-state index is 0.141. The van der Waals surface area contributed by atoms with Crippen LogP contribution in [-0.4, -0.2) is 36.6 Å². The molecule has 0 unspecified atom stereocenters. The number of nitrogens with one attached hydrogen (secondary N) is 1. The molecule has 150 valence electrons. The molecule has 1 aliphatic carbocycles. The number of carbonyl (C=O) groups is 1. The van der Waals surface area contributed by atoms with Gasteiger partial charge in [0.25, 0.3) is 5.91 Å². The molecule has 0 spiro atoms. The minimum Gasteiger partial charge on any atom is -0.352 e. The highest BCUT2D eigenvalue weighted by Crippen LogP contribution is 2.39. The second-order valence-corrected chi connectivity index (χ2v) is 8.00.